The minimum atomic E-state index is -3.82. The molecule has 2 atom stereocenters. The lowest BCUT2D eigenvalue weighted by molar-refractivity contribution is -0.123. The Kier molecular flexibility index (Phi) is 6.94. The molecule has 2 rings (SSSR count). The van der Waals surface area contributed by atoms with Crippen molar-refractivity contribution in [2.75, 3.05) is 13.1 Å². The summed E-state index contributed by atoms with van der Waals surface area (Å²) in [5, 5.41) is 2.66. The number of nitrogens with zero attached hydrogens (tertiary/aromatic N) is 1. The van der Waals surface area contributed by atoms with Gasteiger partial charge in [0.05, 0.1) is 16.4 Å². The van der Waals surface area contributed by atoms with E-state index in [1.165, 1.54) is 4.31 Å². The van der Waals surface area contributed by atoms with Crippen LogP contribution >= 0.6 is 0 Å². The number of carbonyl (C=O) groups is 2. The molecule has 7 nitrogen and oxygen atoms in total. The van der Waals surface area contributed by atoms with Gasteiger partial charge < -0.3 is 11.1 Å². The highest BCUT2D eigenvalue weighted by molar-refractivity contribution is 7.89. The van der Waals surface area contributed by atoms with Gasteiger partial charge in [0.25, 0.3) is 5.91 Å². The first kappa shape index (κ1) is 21.3. The van der Waals surface area contributed by atoms with Crippen molar-refractivity contribution in [1.82, 2.24) is 9.62 Å². The average Bonchev–Trinajstić information content (AvgIpc) is 2.62. The normalized spacial score (nSPS) is 20.4. The van der Waals surface area contributed by atoms with Crippen molar-refractivity contribution in [2.45, 2.75) is 50.5 Å². The van der Waals surface area contributed by atoms with Crippen molar-refractivity contribution >= 4 is 21.8 Å². The minimum absolute atomic E-state index is 0.146. The highest BCUT2D eigenvalue weighted by Crippen LogP contribution is 2.25. The van der Waals surface area contributed by atoms with Crippen molar-refractivity contribution in [3.05, 3.63) is 29.6 Å². The van der Waals surface area contributed by atoms with Crippen LogP contribution in [0.4, 0.5) is 4.39 Å². The van der Waals surface area contributed by atoms with Crippen LogP contribution in [0.2, 0.25) is 0 Å². The minimum Gasteiger partial charge on any atom is -0.369 e. The van der Waals surface area contributed by atoms with E-state index in [0.29, 0.717) is 12.8 Å². The van der Waals surface area contributed by atoms with Crippen LogP contribution in [0.1, 0.15) is 49.9 Å². The van der Waals surface area contributed by atoms with Gasteiger partial charge in [-0.2, -0.15) is 4.31 Å². The molecule has 3 N–H and O–H groups in total. The third-order valence-corrected chi connectivity index (χ3v) is 7.02. The van der Waals surface area contributed by atoms with Gasteiger partial charge >= 0.3 is 0 Å². The lowest BCUT2D eigenvalue weighted by atomic mass is 9.84. The SMILES string of the molecule is CCN(CC)S(=O)(=O)c1ccc(F)c(C(=O)NC2CCCCC2C(N)=O)c1. The molecule has 2 amide bonds. The van der Waals surface area contributed by atoms with E-state index in [2.05, 4.69) is 5.32 Å². The largest absolute Gasteiger partial charge is 0.369 e. The zero-order valence-electron chi connectivity index (χ0n) is 15.6. The molecule has 1 fully saturated rings. The topological polar surface area (TPSA) is 110 Å². The van der Waals surface area contributed by atoms with Crippen molar-refractivity contribution in [3.8, 4) is 0 Å². The fourth-order valence-corrected chi connectivity index (χ4v) is 4.93. The zero-order chi connectivity index (χ0) is 20.2. The molecule has 0 bridgehead atoms. The molecule has 1 aliphatic rings. The molecule has 0 radical (unpaired) electrons. The number of nitrogens with one attached hydrogen (secondary N) is 1. The highest BCUT2D eigenvalue weighted by atomic mass is 32.2. The summed E-state index contributed by atoms with van der Waals surface area (Å²) in [4.78, 5) is 24.0. The Bertz CT molecular complexity index is 809. The van der Waals surface area contributed by atoms with Crippen molar-refractivity contribution in [1.29, 1.82) is 0 Å². The van der Waals surface area contributed by atoms with Crippen LogP contribution in [0.15, 0.2) is 23.1 Å². The maximum atomic E-state index is 14.2. The number of halogens is 1. The van der Waals surface area contributed by atoms with E-state index in [1.807, 2.05) is 0 Å². The molecular formula is C18H26FN3O4S. The Morgan fingerprint density at radius 2 is 1.85 bits per heavy atom. The molecule has 27 heavy (non-hydrogen) atoms. The first-order chi connectivity index (χ1) is 12.7. The van der Waals surface area contributed by atoms with Gasteiger partial charge in [-0.25, -0.2) is 12.8 Å². The smallest absolute Gasteiger partial charge is 0.254 e. The second-order valence-electron chi connectivity index (χ2n) is 6.60. The predicted molar refractivity (Wildman–Crippen MR) is 98.9 cm³/mol. The fourth-order valence-electron chi connectivity index (χ4n) is 3.44. The Hall–Kier alpha value is -2.00. The highest BCUT2D eigenvalue weighted by Gasteiger charge is 2.32. The molecule has 0 spiro atoms. The summed E-state index contributed by atoms with van der Waals surface area (Å²) in [6.07, 6.45) is 2.80. The monoisotopic (exact) mass is 399 g/mol. The molecule has 9 heteroatoms. The molecule has 1 aliphatic carbocycles. The van der Waals surface area contributed by atoms with E-state index in [1.54, 1.807) is 13.8 Å². The second kappa shape index (κ2) is 8.79. The lowest BCUT2D eigenvalue weighted by Gasteiger charge is -2.30. The van der Waals surface area contributed by atoms with Gasteiger partial charge in [0.1, 0.15) is 5.82 Å². The maximum Gasteiger partial charge on any atom is 0.254 e. The zero-order valence-corrected chi connectivity index (χ0v) is 16.4. The molecule has 150 valence electrons. The van der Waals surface area contributed by atoms with Gasteiger partial charge in [0, 0.05) is 19.1 Å². The van der Waals surface area contributed by atoms with Crippen molar-refractivity contribution < 1.29 is 22.4 Å². The Balaban J connectivity index is 2.30. The van der Waals surface area contributed by atoms with Gasteiger partial charge in [0.2, 0.25) is 15.9 Å². The Morgan fingerprint density at radius 3 is 2.44 bits per heavy atom. The molecule has 1 aromatic rings. The lowest BCUT2D eigenvalue weighted by Crippen LogP contribution is -2.47. The molecular weight excluding hydrogens is 373 g/mol. The molecule has 1 aromatic carbocycles. The summed E-state index contributed by atoms with van der Waals surface area (Å²) in [6.45, 7) is 3.93. The van der Waals surface area contributed by atoms with E-state index in [4.69, 9.17) is 5.73 Å². The third-order valence-electron chi connectivity index (χ3n) is 4.97. The van der Waals surface area contributed by atoms with Crippen LogP contribution in [0.25, 0.3) is 0 Å². The number of hydrogen-bond acceptors (Lipinski definition) is 4. The predicted octanol–water partition coefficient (Wildman–Crippen LogP) is 1.63. The van der Waals surface area contributed by atoms with Gasteiger partial charge in [-0.05, 0) is 31.0 Å². The standard InChI is InChI=1S/C18H26FN3O4S/c1-3-22(4-2)27(25,26)12-9-10-15(19)14(11-12)18(24)21-16-8-6-5-7-13(16)17(20)23/h9-11,13,16H,3-8H2,1-2H3,(H2,20,23)(H,21,24). The van der Waals surface area contributed by atoms with Crippen LogP contribution in [-0.4, -0.2) is 43.7 Å². The quantitative estimate of drug-likeness (QED) is 0.726. The number of benzene rings is 1. The van der Waals surface area contributed by atoms with Crippen LogP contribution in [-0.2, 0) is 14.8 Å². The number of nitrogens with two attached hydrogens (primary N) is 1. The summed E-state index contributed by atoms with van der Waals surface area (Å²) in [6, 6.07) is 2.68. The summed E-state index contributed by atoms with van der Waals surface area (Å²) < 4.78 is 40.7. The number of amides is 2. The molecule has 1 saturated carbocycles. The first-order valence-electron chi connectivity index (χ1n) is 9.12. The average molecular weight is 399 g/mol. The maximum absolute atomic E-state index is 14.2. The van der Waals surface area contributed by atoms with E-state index in [0.717, 1.165) is 31.0 Å². The van der Waals surface area contributed by atoms with E-state index in [-0.39, 0.29) is 23.5 Å². The van der Waals surface area contributed by atoms with Crippen LogP contribution in [0, 0.1) is 11.7 Å². The molecule has 0 heterocycles. The second-order valence-corrected chi connectivity index (χ2v) is 8.54. The summed E-state index contributed by atoms with van der Waals surface area (Å²) in [7, 11) is -3.82. The molecule has 0 aliphatic heterocycles. The van der Waals surface area contributed by atoms with Crippen molar-refractivity contribution in [3.63, 3.8) is 0 Å². The van der Waals surface area contributed by atoms with E-state index >= 15 is 0 Å². The number of primary amides is 1. The molecule has 2 unspecified atom stereocenters. The van der Waals surface area contributed by atoms with Gasteiger partial charge in [-0.15, -0.1) is 0 Å². The van der Waals surface area contributed by atoms with Crippen LogP contribution in [0.3, 0.4) is 0 Å². The number of rotatable bonds is 7. The summed E-state index contributed by atoms with van der Waals surface area (Å²) in [5.74, 6) is -2.58. The fraction of sp³-hybridized carbons (Fsp3) is 0.556. The number of carbonyl (C=O) groups excluding carboxylic acids is 2. The van der Waals surface area contributed by atoms with Crippen LogP contribution in [0.5, 0.6) is 0 Å². The molecule has 0 saturated heterocycles. The number of hydrogen-bond donors (Lipinski definition) is 2. The number of sulfonamides is 1. The first-order valence-corrected chi connectivity index (χ1v) is 10.6. The van der Waals surface area contributed by atoms with Gasteiger partial charge in [-0.1, -0.05) is 26.7 Å². The van der Waals surface area contributed by atoms with Gasteiger partial charge in [-0.3, -0.25) is 9.59 Å². The summed E-state index contributed by atoms with van der Waals surface area (Å²) in [5.41, 5.74) is 5.03. The Morgan fingerprint density at radius 1 is 1.22 bits per heavy atom. The molecule has 0 aromatic heterocycles. The third kappa shape index (κ3) is 4.65. The van der Waals surface area contributed by atoms with E-state index < -0.39 is 39.6 Å². The van der Waals surface area contributed by atoms with Crippen LogP contribution < -0.4 is 11.1 Å². The Labute approximate surface area is 159 Å². The van der Waals surface area contributed by atoms with Crippen molar-refractivity contribution in [2.24, 2.45) is 11.7 Å². The summed E-state index contributed by atoms with van der Waals surface area (Å²) >= 11 is 0. The van der Waals surface area contributed by atoms with E-state index in [9.17, 15) is 22.4 Å². The van der Waals surface area contributed by atoms with Gasteiger partial charge in [0.15, 0.2) is 0 Å².